The molecule has 0 saturated carbocycles. The Balaban J connectivity index is 0.00000200. The van der Waals surface area contributed by atoms with Crippen LogP contribution in [0.5, 0.6) is 0 Å². The number of hydrogen-bond acceptors (Lipinski definition) is 2. The molecule has 110 valence electrons. The number of halogens is 5. The first kappa shape index (κ1) is 16.5. The van der Waals surface area contributed by atoms with Crippen LogP contribution < -0.4 is 5.73 Å². The van der Waals surface area contributed by atoms with Crippen LogP contribution in [0.1, 0.15) is 16.7 Å². The van der Waals surface area contributed by atoms with Crippen LogP contribution in [0.4, 0.5) is 17.6 Å². The maximum atomic E-state index is 12.9. The van der Waals surface area contributed by atoms with E-state index in [1.54, 1.807) is 6.20 Å². The van der Waals surface area contributed by atoms with Crippen molar-refractivity contribution in [1.82, 2.24) is 9.78 Å². The molecule has 0 aliphatic rings. The highest BCUT2D eigenvalue weighted by atomic mass is 35.5. The summed E-state index contributed by atoms with van der Waals surface area (Å²) in [5.41, 5.74) is 5.08. The molecule has 0 saturated heterocycles. The van der Waals surface area contributed by atoms with Gasteiger partial charge in [-0.2, -0.15) is 18.3 Å². The van der Waals surface area contributed by atoms with Crippen LogP contribution in [0.25, 0.3) is 0 Å². The minimum absolute atomic E-state index is 0. The molecule has 20 heavy (non-hydrogen) atoms. The van der Waals surface area contributed by atoms with E-state index in [4.69, 9.17) is 5.73 Å². The van der Waals surface area contributed by atoms with Gasteiger partial charge < -0.3 is 5.73 Å². The minimum Gasteiger partial charge on any atom is -0.326 e. The smallest absolute Gasteiger partial charge is 0.326 e. The van der Waals surface area contributed by atoms with Crippen molar-refractivity contribution < 1.29 is 17.6 Å². The lowest BCUT2D eigenvalue weighted by Gasteiger charge is -2.12. The third-order valence-electron chi connectivity index (χ3n) is 2.63. The van der Waals surface area contributed by atoms with Crippen LogP contribution in [0.3, 0.4) is 0 Å². The second kappa shape index (κ2) is 6.23. The lowest BCUT2D eigenvalue weighted by molar-refractivity contribution is -0.138. The van der Waals surface area contributed by atoms with Gasteiger partial charge in [-0.25, -0.2) is 4.39 Å². The maximum Gasteiger partial charge on any atom is 0.416 e. The van der Waals surface area contributed by atoms with E-state index in [1.807, 2.05) is 0 Å². The molecule has 1 heterocycles. The molecular formula is C12H12ClF4N3. The van der Waals surface area contributed by atoms with E-state index < -0.39 is 17.6 Å². The van der Waals surface area contributed by atoms with Gasteiger partial charge in [0.15, 0.2) is 0 Å². The summed E-state index contributed by atoms with van der Waals surface area (Å²) >= 11 is 0. The first-order valence-electron chi connectivity index (χ1n) is 5.47. The Bertz CT molecular complexity index is 580. The van der Waals surface area contributed by atoms with E-state index in [-0.39, 0.29) is 31.1 Å². The third-order valence-corrected chi connectivity index (χ3v) is 2.63. The number of nitrogens with two attached hydrogens (primary N) is 1. The number of nitrogens with zero attached hydrogens (tertiary/aromatic N) is 2. The molecule has 0 bridgehead atoms. The lowest BCUT2D eigenvalue weighted by atomic mass is 10.1. The topological polar surface area (TPSA) is 43.8 Å². The van der Waals surface area contributed by atoms with Crippen molar-refractivity contribution in [3.05, 3.63) is 53.1 Å². The van der Waals surface area contributed by atoms with Crippen molar-refractivity contribution >= 4 is 12.4 Å². The Morgan fingerprint density at radius 2 is 1.95 bits per heavy atom. The SMILES string of the molecule is Cl.NCc1cnn(Cc2ccc(F)cc2C(F)(F)F)c1. The third kappa shape index (κ3) is 3.71. The van der Waals surface area contributed by atoms with Crippen LogP contribution in [0, 0.1) is 5.82 Å². The van der Waals surface area contributed by atoms with Gasteiger partial charge in [0.2, 0.25) is 0 Å². The van der Waals surface area contributed by atoms with Crippen LogP contribution in [0.15, 0.2) is 30.6 Å². The summed E-state index contributed by atoms with van der Waals surface area (Å²) in [5.74, 6) is -0.917. The van der Waals surface area contributed by atoms with Crippen LogP contribution in [-0.4, -0.2) is 9.78 Å². The van der Waals surface area contributed by atoms with Crippen molar-refractivity contribution in [2.45, 2.75) is 19.3 Å². The highest BCUT2D eigenvalue weighted by molar-refractivity contribution is 5.85. The summed E-state index contributed by atoms with van der Waals surface area (Å²) in [6.45, 7) is 0.171. The molecule has 0 unspecified atom stereocenters. The van der Waals surface area contributed by atoms with Gasteiger partial charge in [0, 0.05) is 18.3 Å². The van der Waals surface area contributed by atoms with E-state index in [1.165, 1.54) is 10.9 Å². The van der Waals surface area contributed by atoms with E-state index >= 15 is 0 Å². The monoisotopic (exact) mass is 309 g/mol. The number of alkyl halides is 3. The van der Waals surface area contributed by atoms with E-state index in [0.29, 0.717) is 6.07 Å². The second-order valence-electron chi connectivity index (χ2n) is 4.05. The zero-order valence-corrected chi connectivity index (χ0v) is 11.0. The number of benzene rings is 1. The van der Waals surface area contributed by atoms with Gasteiger partial charge in [0.25, 0.3) is 0 Å². The predicted octanol–water partition coefficient (Wildman–Crippen LogP) is 2.97. The van der Waals surface area contributed by atoms with E-state index in [9.17, 15) is 17.6 Å². The molecule has 0 spiro atoms. The summed E-state index contributed by atoms with van der Waals surface area (Å²) in [7, 11) is 0. The molecule has 8 heteroatoms. The predicted molar refractivity (Wildman–Crippen MR) is 67.9 cm³/mol. The minimum atomic E-state index is -4.60. The summed E-state index contributed by atoms with van der Waals surface area (Å²) in [5, 5.41) is 3.90. The fraction of sp³-hybridized carbons (Fsp3) is 0.250. The molecule has 2 rings (SSSR count). The van der Waals surface area contributed by atoms with Crippen molar-refractivity contribution in [1.29, 1.82) is 0 Å². The molecule has 0 aliphatic carbocycles. The molecule has 2 aromatic rings. The van der Waals surface area contributed by atoms with Gasteiger partial charge in [-0.05, 0) is 17.7 Å². The van der Waals surface area contributed by atoms with Crippen molar-refractivity contribution in [2.75, 3.05) is 0 Å². The summed E-state index contributed by atoms with van der Waals surface area (Å²) < 4.78 is 52.6. The molecule has 3 nitrogen and oxygen atoms in total. The molecule has 0 aliphatic heterocycles. The maximum absolute atomic E-state index is 12.9. The van der Waals surface area contributed by atoms with Gasteiger partial charge in [-0.3, -0.25) is 4.68 Å². The fourth-order valence-corrected chi connectivity index (χ4v) is 1.72. The van der Waals surface area contributed by atoms with Crippen LogP contribution in [0.2, 0.25) is 0 Å². The Morgan fingerprint density at radius 3 is 2.50 bits per heavy atom. The quantitative estimate of drug-likeness (QED) is 0.886. The van der Waals surface area contributed by atoms with Crippen molar-refractivity contribution in [2.24, 2.45) is 5.73 Å². The lowest BCUT2D eigenvalue weighted by Crippen LogP contribution is -2.12. The van der Waals surface area contributed by atoms with E-state index in [0.717, 1.165) is 17.7 Å². The largest absolute Gasteiger partial charge is 0.416 e. The zero-order valence-electron chi connectivity index (χ0n) is 10.2. The summed E-state index contributed by atoms with van der Waals surface area (Å²) in [4.78, 5) is 0. The molecule has 1 aromatic carbocycles. The average molecular weight is 310 g/mol. The zero-order chi connectivity index (χ0) is 14.0. The average Bonchev–Trinajstić information content (AvgIpc) is 2.78. The van der Waals surface area contributed by atoms with Crippen molar-refractivity contribution in [3.63, 3.8) is 0 Å². The van der Waals surface area contributed by atoms with Gasteiger partial charge in [-0.1, -0.05) is 6.07 Å². The van der Waals surface area contributed by atoms with Crippen LogP contribution >= 0.6 is 12.4 Å². The second-order valence-corrected chi connectivity index (χ2v) is 4.05. The first-order chi connectivity index (χ1) is 8.90. The molecule has 0 atom stereocenters. The summed E-state index contributed by atoms with van der Waals surface area (Å²) in [6, 6.07) is 2.60. The van der Waals surface area contributed by atoms with Gasteiger partial charge >= 0.3 is 6.18 Å². The highest BCUT2D eigenvalue weighted by Crippen LogP contribution is 2.32. The first-order valence-corrected chi connectivity index (χ1v) is 5.47. The molecule has 2 N–H and O–H groups in total. The van der Waals surface area contributed by atoms with E-state index in [2.05, 4.69) is 5.10 Å². The molecule has 0 fully saturated rings. The van der Waals surface area contributed by atoms with Gasteiger partial charge in [0.1, 0.15) is 5.82 Å². The van der Waals surface area contributed by atoms with Crippen LogP contribution in [-0.2, 0) is 19.3 Å². The standard InChI is InChI=1S/C12H11F4N3.ClH/c13-10-2-1-9(11(3-10)12(14,15)16)7-19-6-8(4-17)5-18-19;/h1-3,5-6H,4,7,17H2;1H. The Morgan fingerprint density at radius 1 is 1.25 bits per heavy atom. The highest BCUT2D eigenvalue weighted by Gasteiger charge is 2.33. The molecular weight excluding hydrogens is 298 g/mol. The summed E-state index contributed by atoms with van der Waals surface area (Å²) in [6.07, 6.45) is -1.55. The molecule has 0 radical (unpaired) electrons. The van der Waals surface area contributed by atoms with Crippen molar-refractivity contribution in [3.8, 4) is 0 Å². The molecule has 0 amide bonds. The van der Waals surface area contributed by atoms with Gasteiger partial charge in [0.05, 0.1) is 18.3 Å². The Kier molecular flexibility index (Phi) is 5.13. The number of aromatic nitrogens is 2. The van der Waals surface area contributed by atoms with Gasteiger partial charge in [-0.15, -0.1) is 12.4 Å². The molecule has 1 aromatic heterocycles. The fourth-order valence-electron chi connectivity index (χ4n) is 1.72. The number of hydrogen-bond donors (Lipinski definition) is 1. The normalized spacial score (nSPS) is 11.2. The Hall–Kier alpha value is -1.60. The number of rotatable bonds is 3. The Labute approximate surface area is 118 Å².